The lowest BCUT2D eigenvalue weighted by Gasteiger charge is -2.09. The molecular weight excluding hydrogens is 292 g/mol. The predicted octanol–water partition coefficient (Wildman–Crippen LogP) is 4.89. The molecule has 0 bridgehead atoms. The Balaban J connectivity index is 2.49. The van der Waals surface area contributed by atoms with E-state index in [0.29, 0.717) is 17.9 Å². The minimum atomic E-state index is -0.995. The molecule has 0 aliphatic heterocycles. The highest BCUT2D eigenvalue weighted by atomic mass is 16.5. The summed E-state index contributed by atoms with van der Waals surface area (Å²) in [7, 11) is 1.47. The van der Waals surface area contributed by atoms with Gasteiger partial charge < -0.3 is 14.6 Å². The molecule has 0 aliphatic rings. The van der Waals surface area contributed by atoms with E-state index in [4.69, 9.17) is 9.47 Å². The molecule has 0 aliphatic carbocycles. The van der Waals surface area contributed by atoms with Crippen molar-refractivity contribution in [3.05, 3.63) is 35.6 Å². The monoisotopic (exact) mass is 320 g/mol. The summed E-state index contributed by atoms with van der Waals surface area (Å²) in [5.41, 5.74) is 0.790. The van der Waals surface area contributed by atoms with E-state index < -0.39 is 5.97 Å². The summed E-state index contributed by atoms with van der Waals surface area (Å²) in [6.07, 6.45) is 7.37. The smallest absolute Gasteiger partial charge is 0.339 e. The lowest BCUT2D eigenvalue weighted by Crippen LogP contribution is -2.04. The first-order valence-electron chi connectivity index (χ1n) is 8.31. The molecule has 1 aromatic carbocycles. The second-order valence-electron chi connectivity index (χ2n) is 5.58. The van der Waals surface area contributed by atoms with Crippen LogP contribution in [0.15, 0.2) is 30.0 Å². The summed E-state index contributed by atoms with van der Waals surface area (Å²) >= 11 is 0. The van der Waals surface area contributed by atoms with Crippen LogP contribution >= 0.6 is 0 Å². The fraction of sp³-hybridized carbons (Fsp3) is 0.526. The van der Waals surface area contributed by atoms with Crippen LogP contribution in [-0.4, -0.2) is 24.8 Å². The Hall–Kier alpha value is -1.97. The lowest BCUT2D eigenvalue weighted by atomic mass is 10.0. The van der Waals surface area contributed by atoms with Gasteiger partial charge in [0.25, 0.3) is 0 Å². The van der Waals surface area contributed by atoms with Crippen molar-refractivity contribution in [3.8, 4) is 5.75 Å². The number of allylic oxidation sites excluding steroid dienone is 1. The van der Waals surface area contributed by atoms with Crippen LogP contribution in [0.5, 0.6) is 5.75 Å². The van der Waals surface area contributed by atoms with Crippen molar-refractivity contribution in [1.82, 2.24) is 0 Å². The molecule has 1 aromatic rings. The van der Waals surface area contributed by atoms with Crippen LogP contribution < -0.4 is 4.74 Å². The van der Waals surface area contributed by atoms with Gasteiger partial charge in [-0.25, -0.2) is 4.79 Å². The Bertz CT molecular complexity index is 503. The van der Waals surface area contributed by atoms with E-state index in [9.17, 15) is 9.90 Å². The Morgan fingerprint density at radius 3 is 2.22 bits per heavy atom. The van der Waals surface area contributed by atoms with Gasteiger partial charge in [0, 0.05) is 0 Å². The van der Waals surface area contributed by atoms with Crippen LogP contribution in [0, 0.1) is 0 Å². The number of unbranched alkanes of at least 4 members (excludes halogenated alkanes) is 5. The third-order valence-electron chi connectivity index (χ3n) is 3.78. The SMILES string of the molecule is CCCCCCCCOc1ccc(/C(C(=O)O)=C(/C)OC)cc1. The van der Waals surface area contributed by atoms with Crippen molar-refractivity contribution in [2.24, 2.45) is 0 Å². The Morgan fingerprint density at radius 1 is 1.04 bits per heavy atom. The van der Waals surface area contributed by atoms with E-state index in [2.05, 4.69) is 6.92 Å². The van der Waals surface area contributed by atoms with Crippen molar-refractivity contribution in [2.75, 3.05) is 13.7 Å². The minimum absolute atomic E-state index is 0.176. The maximum atomic E-state index is 11.3. The number of ether oxygens (including phenoxy) is 2. The number of carboxylic acids is 1. The second kappa shape index (κ2) is 10.7. The van der Waals surface area contributed by atoms with Crippen molar-refractivity contribution in [2.45, 2.75) is 52.4 Å². The average Bonchev–Trinajstić information content (AvgIpc) is 2.55. The summed E-state index contributed by atoms with van der Waals surface area (Å²) in [6, 6.07) is 7.11. The Morgan fingerprint density at radius 2 is 1.65 bits per heavy atom. The van der Waals surface area contributed by atoms with Gasteiger partial charge in [-0.15, -0.1) is 0 Å². The standard InChI is InChI=1S/C19H28O4/c1-4-5-6-7-8-9-14-23-17-12-10-16(11-13-17)18(19(20)21)15(2)22-3/h10-13H,4-9,14H2,1-3H3,(H,20,21)/b18-15+. The lowest BCUT2D eigenvalue weighted by molar-refractivity contribution is -0.130. The number of hydrogen-bond donors (Lipinski definition) is 1. The van der Waals surface area contributed by atoms with E-state index in [-0.39, 0.29) is 5.57 Å². The number of rotatable bonds is 11. The minimum Gasteiger partial charge on any atom is -0.500 e. The van der Waals surface area contributed by atoms with Crippen molar-refractivity contribution < 1.29 is 19.4 Å². The zero-order valence-electron chi connectivity index (χ0n) is 14.4. The first-order valence-corrected chi connectivity index (χ1v) is 8.31. The molecule has 0 spiro atoms. The van der Waals surface area contributed by atoms with Crippen molar-refractivity contribution in [1.29, 1.82) is 0 Å². The van der Waals surface area contributed by atoms with Crippen LogP contribution in [-0.2, 0) is 9.53 Å². The molecule has 1 N–H and O–H groups in total. The van der Waals surface area contributed by atoms with Gasteiger partial charge in [-0.05, 0) is 31.0 Å². The van der Waals surface area contributed by atoms with Gasteiger partial charge in [-0.1, -0.05) is 51.2 Å². The predicted molar refractivity (Wildman–Crippen MR) is 92.6 cm³/mol. The molecule has 4 nitrogen and oxygen atoms in total. The van der Waals surface area contributed by atoms with Crippen LogP contribution in [0.4, 0.5) is 0 Å². The maximum Gasteiger partial charge on any atom is 0.339 e. The molecule has 0 amide bonds. The van der Waals surface area contributed by atoms with Crippen LogP contribution in [0.1, 0.15) is 57.9 Å². The Kier molecular flexibility index (Phi) is 8.88. The van der Waals surface area contributed by atoms with Crippen LogP contribution in [0.2, 0.25) is 0 Å². The zero-order valence-corrected chi connectivity index (χ0v) is 14.4. The van der Waals surface area contributed by atoms with E-state index in [1.807, 2.05) is 0 Å². The summed E-state index contributed by atoms with van der Waals surface area (Å²) in [5.74, 6) is 0.158. The zero-order chi connectivity index (χ0) is 17.1. The molecule has 0 saturated carbocycles. The normalized spacial score (nSPS) is 11.8. The molecule has 128 valence electrons. The highest BCUT2D eigenvalue weighted by molar-refractivity contribution is 6.16. The number of benzene rings is 1. The fourth-order valence-electron chi connectivity index (χ4n) is 2.37. The van der Waals surface area contributed by atoms with Crippen LogP contribution in [0.3, 0.4) is 0 Å². The largest absolute Gasteiger partial charge is 0.500 e. The second-order valence-corrected chi connectivity index (χ2v) is 5.58. The summed E-state index contributed by atoms with van der Waals surface area (Å²) in [4.78, 5) is 11.3. The summed E-state index contributed by atoms with van der Waals surface area (Å²) in [6.45, 7) is 4.56. The molecule has 1 rings (SSSR count). The molecule has 0 fully saturated rings. The van der Waals surface area contributed by atoms with Gasteiger partial charge >= 0.3 is 5.97 Å². The topological polar surface area (TPSA) is 55.8 Å². The number of carbonyl (C=O) groups is 1. The number of carboxylic acid groups (broad SMARTS) is 1. The third-order valence-corrected chi connectivity index (χ3v) is 3.78. The van der Waals surface area contributed by atoms with E-state index in [0.717, 1.165) is 12.2 Å². The fourth-order valence-corrected chi connectivity index (χ4v) is 2.37. The molecular formula is C19H28O4. The first-order chi connectivity index (χ1) is 11.1. The summed E-state index contributed by atoms with van der Waals surface area (Å²) < 4.78 is 10.7. The van der Waals surface area contributed by atoms with Gasteiger partial charge in [0.1, 0.15) is 17.1 Å². The van der Waals surface area contributed by atoms with Gasteiger partial charge in [-0.2, -0.15) is 0 Å². The van der Waals surface area contributed by atoms with Crippen molar-refractivity contribution >= 4 is 11.5 Å². The van der Waals surface area contributed by atoms with Gasteiger partial charge in [-0.3, -0.25) is 0 Å². The van der Waals surface area contributed by atoms with Gasteiger partial charge in [0.2, 0.25) is 0 Å². The quantitative estimate of drug-likeness (QED) is 0.358. The molecule has 0 saturated heterocycles. The van der Waals surface area contributed by atoms with E-state index in [1.165, 1.54) is 39.2 Å². The van der Waals surface area contributed by atoms with Crippen molar-refractivity contribution in [3.63, 3.8) is 0 Å². The highest BCUT2D eigenvalue weighted by Crippen LogP contribution is 2.22. The summed E-state index contributed by atoms with van der Waals surface area (Å²) in [5, 5.41) is 9.29. The number of methoxy groups -OCH3 is 1. The first kappa shape index (κ1) is 19.1. The molecule has 0 heterocycles. The molecule has 23 heavy (non-hydrogen) atoms. The Labute approximate surface area is 139 Å². The van der Waals surface area contributed by atoms with E-state index >= 15 is 0 Å². The average molecular weight is 320 g/mol. The maximum absolute atomic E-state index is 11.3. The molecule has 0 aromatic heterocycles. The van der Waals surface area contributed by atoms with E-state index in [1.54, 1.807) is 31.2 Å². The highest BCUT2D eigenvalue weighted by Gasteiger charge is 2.15. The van der Waals surface area contributed by atoms with Gasteiger partial charge in [0.05, 0.1) is 13.7 Å². The van der Waals surface area contributed by atoms with Crippen LogP contribution in [0.25, 0.3) is 5.57 Å². The number of hydrogen-bond acceptors (Lipinski definition) is 3. The molecule has 4 heteroatoms. The molecule has 0 radical (unpaired) electrons. The molecule has 0 unspecified atom stereocenters. The third kappa shape index (κ3) is 6.76. The number of aliphatic carboxylic acids is 1. The molecule has 0 atom stereocenters. The van der Waals surface area contributed by atoms with Gasteiger partial charge in [0.15, 0.2) is 0 Å².